The Kier molecular flexibility index (Phi) is 6.14. The Bertz CT molecular complexity index is 834. The summed E-state index contributed by atoms with van der Waals surface area (Å²) in [5.74, 6) is 1.95. The van der Waals surface area contributed by atoms with E-state index in [1.807, 2.05) is 19.4 Å². The van der Waals surface area contributed by atoms with Crippen molar-refractivity contribution < 1.29 is 10.2 Å². The van der Waals surface area contributed by atoms with Crippen LogP contribution in [0, 0.1) is 39.4 Å². The van der Waals surface area contributed by atoms with Crippen LogP contribution in [0.25, 0.3) is 0 Å². The molecule has 0 heterocycles. The fraction of sp³-hybridized carbons (Fsp3) is 0.871. The van der Waals surface area contributed by atoms with Gasteiger partial charge in [0, 0.05) is 0 Å². The number of hydrogen-bond acceptors (Lipinski definition) is 2. The highest BCUT2D eigenvalue weighted by Gasteiger charge is 2.63. The first-order valence-corrected chi connectivity index (χ1v) is 13.9. The second-order valence-corrected chi connectivity index (χ2v) is 14.3. The molecular formula is C31H52O2. The maximum atomic E-state index is 10.8. The molecule has 4 aliphatic rings. The van der Waals surface area contributed by atoms with Gasteiger partial charge in [0.1, 0.15) is 0 Å². The van der Waals surface area contributed by atoms with Gasteiger partial charge in [-0.15, -0.1) is 0 Å². The van der Waals surface area contributed by atoms with Crippen LogP contribution in [0.1, 0.15) is 120 Å². The molecule has 0 amide bonds. The first-order valence-electron chi connectivity index (χ1n) is 13.9. The van der Waals surface area contributed by atoms with E-state index in [0.29, 0.717) is 22.7 Å². The molecule has 2 fully saturated rings. The van der Waals surface area contributed by atoms with E-state index in [0.717, 1.165) is 37.2 Å². The van der Waals surface area contributed by atoms with Gasteiger partial charge >= 0.3 is 0 Å². The minimum Gasteiger partial charge on any atom is -0.393 e. The SMILES string of the molecule is C=C(C)[C@](C)(O)CC[C@H](C)[C@@H]1CC[C@]2(C)C3=C(CC[C@@]12C)[C@@]1(C)CC[C@H](O)C(C)(C)[C@H]1CC3. The third kappa shape index (κ3) is 3.55. The van der Waals surface area contributed by atoms with Crippen LogP contribution >= 0.6 is 0 Å². The van der Waals surface area contributed by atoms with Crippen LogP contribution in [-0.2, 0) is 0 Å². The summed E-state index contributed by atoms with van der Waals surface area (Å²) in [5.41, 5.74) is 4.71. The third-order valence-electron chi connectivity index (χ3n) is 12.5. The molecule has 8 atom stereocenters. The molecule has 0 unspecified atom stereocenters. The predicted molar refractivity (Wildman–Crippen MR) is 139 cm³/mol. The Labute approximate surface area is 204 Å². The fourth-order valence-corrected chi connectivity index (χ4v) is 9.55. The highest BCUT2D eigenvalue weighted by atomic mass is 16.3. The van der Waals surface area contributed by atoms with E-state index >= 15 is 0 Å². The normalized spacial score (nSPS) is 45.0. The molecule has 188 valence electrons. The lowest BCUT2D eigenvalue weighted by atomic mass is 9.43. The number of hydrogen-bond donors (Lipinski definition) is 2. The molecule has 33 heavy (non-hydrogen) atoms. The van der Waals surface area contributed by atoms with Crippen molar-refractivity contribution in [2.75, 3.05) is 0 Å². The summed E-state index contributed by atoms with van der Waals surface area (Å²) in [7, 11) is 0. The monoisotopic (exact) mass is 456 g/mol. The van der Waals surface area contributed by atoms with E-state index in [9.17, 15) is 10.2 Å². The Morgan fingerprint density at radius 1 is 1.03 bits per heavy atom. The van der Waals surface area contributed by atoms with Gasteiger partial charge in [-0.3, -0.25) is 0 Å². The topological polar surface area (TPSA) is 40.5 Å². The van der Waals surface area contributed by atoms with Gasteiger partial charge in [0.25, 0.3) is 0 Å². The zero-order chi connectivity index (χ0) is 24.6. The summed E-state index contributed by atoms with van der Waals surface area (Å²) in [6.07, 6.45) is 11.5. The van der Waals surface area contributed by atoms with Crippen molar-refractivity contribution in [2.24, 2.45) is 39.4 Å². The van der Waals surface area contributed by atoms with Crippen molar-refractivity contribution in [3.8, 4) is 0 Å². The predicted octanol–water partition coefficient (Wildman–Crippen LogP) is 7.84. The summed E-state index contributed by atoms with van der Waals surface area (Å²) in [6, 6.07) is 0. The van der Waals surface area contributed by atoms with Crippen molar-refractivity contribution in [3.63, 3.8) is 0 Å². The largest absolute Gasteiger partial charge is 0.393 e. The van der Waals surface area contributed by atoms with E-state index in [-0.39, 0.29) is 16.9 Å². The van der Waals surface area contributed by atoms with Crippen molar-refractivity contribution in [1.29, 1.82) is 0 Å². The van der Waals surface area contributed by atoms with E-state index in [1.165, 1.54) is 38.5 Å². The first-order chi connectivity index (χ1) is 15.1. The summed E-state index contributed by atoms with van der Waals surface area (Å²) >= 11 is 0. The number of fused-ring (bicyclic) bond motifs is 4. The smallest absolute Gasteiger partial charge is 0.0823 e. The van der Waals surface area contributed by atoms with Crippen LogP contribution in [-0.4, -0.2) is 21.9 Å². The van der Waals surface area contributed by atoms with Gasteiger partial charge < -0.3 is 10.2 Å². The van der Waals surface area contributed by atoms with Gasteiger partial charge in [0.15, 0.2) is 0 Å². The maximum absolute atomic E-state index is 10.8. The Balaban J connectivity index is 1.62. The average Bonchev–Trinajstić information content (AvgIpc) is 3.01. The van der Waals surface area contributed by atoms with Crippen LogP contribution in [0.2, 0.25) is 0 Å². The van der Waals surface area contributed by atoms with E-state index in [2.05, 4.69) is 48.1 Å². The standard InChI is InChI=1S/C31H52O2/c1-20(2)31(9,33)19-12-21(3)22-13-17-30(8)24-10-11-25-27(4,5)26(32)15-16-28(25,6)23(24)14-18-29(22,30)7/h21-22,25-26,32-33H,1,10-19H2,2-9H3/t21-,22-,25+,26-,28+,29-,30+,31+/m0/s1. The number of aliphatic hydroxyl groups is 2. The molecule has 2 heteroatoms. The minimum absolute atomic E-state index is 0.0140. The molecule has 0 radical (unpaired) electrons. The zero-order valence-corrected chi connectivity index (χ0v) is 23.0. The molecule has 0 bridgehead atoms. The van der Waals surface area contributed by atoms with Crippen LogP contribution in [0.4, 0.5) is 0 Å². The minimum atomic E-state index is -0.745. The Hall–Kier alpha value is -0.600. The quantitative estimate of drug-likeness (QED) is 0.414. The number of allylic oxidation sites excluding steroid dienone is 2. The average molecular weight is 457 g/mol. The summed E-state index contributed by atoms with van der Waals surface area (Å²) in [4.78, 5) is 0. The lowest BCUT2D eigenvalue weighted by molar-refractivity contribution is -0.0963. The van der Waals surface area contributed by atoms with Crippen molar-refractivity contribution in [3.05, 3.63) is 23.3 Å². The van der Waals surface area contributed by atoms with Crippen molar-refractivity contribution >= 4 is 0 Å². The highest BCUT2D eigenvalue weighted by molar-refractivity contribution is 5.38. The molecule has 0 saturated heterocycles. The van der Waals surface area contributed by atoms with Crippen LogP contribution in [0.3, 0.4) is 0 Å². The summed E-state index contributed by atoms with van der Waals surface area (Å²) in [6.45, 7) is 22.8. The van der Waals surface area contributed by atoms with Crippen LogP contribution < -0.4 is 0 Å². The third-order valence-corrected chi connectivity index (χ3v) is 12.5. The van der Waals surface area contributed by atoms with Gasteiger partial charge in [-0.1, -0.05) is 59.3 Å². The molecule has 2 nitrogen and oxygen atoms in total. The zero-order valence-electron chi connectivity index (χ0n) is 23.0. The Morgan fingerprint density at radius 3 is 2.33 bits per heavy atom. The lowest BCUT2D eigenvalue weighted by Crippen LogP contribution is -2.55. The number of aliphatic hydroxyl groups excluding tert-OH is 1. The molecule has 0 aromatic carbocycles. The second-order valence-electron chi connectivity index (χ2n) is 14.3. The molecule has 2 N–H and O–H groups in total. The summed E-state index contributed by atoms with van der Waals surface area (Å²) in [5, 5.41) is 21.6. The maximum Gasteiger partial charge on any atom is 0.0823 e. The van der Waals surface area contributed by atoms with Crippen molar-refractivity contribution in [2.45, 2.75) is 131 Å². The van der Waals surface area contributed by atoms with Gasteiger partial charge in [0.05, 0.1) is 11.7 Å². The van der Waals surface area contributed by atoms with E-state index < -0.39 is 5.60 Å². The molecule has 0 aromatic rings. The molecule has 0 aromatic heterocycles. The molecule has 0 spiro atoms. The first kappa shape index (κ1) is 25.5. The molecule has 4 aliphatic carbocycles. The summed E-state index contributed by atoms with van der Waals surface area (Å²) < 4.78 is 0. The van der Waals surface area contributed by atoms with Gasteiger partial charge in [-0.05, 0) is 123 Å². The lowest BCUT2D eigenvalue weighted by Gasteiger charge is -2.62. The van der Waals surface area contributed by atoms with Crippen LogP contribution in [0.5, 0.6) is 0 Å². The number of rotatable bonds is 5. The van der Waals surface area contributed by atoms with Crippen LogP contribution in [0.15, 0.2) is 23.3 Å². The fourth-order valence-electron chi connectivity index (χ4n) is 9.55. The van der Waals surface area contributed by atoms with Crippen molar-refractivity contribution in [1.82, 2.24) is 0 Å². The molecular weight excluding hydrogens is 404 g/mol. The molecule has 4 rings (SSSR count). The van der Waals surface area contributed by atoms with Gasteiger partial charge in [-0.2, -0.15) is 0 Å². The van der Waals surface area contributed by atoms with E-state index in [1.54, 1.807) is 5.57 Å². The molecule has 0 aliphatic heterocycles. The highest BCUT2D eigenvalue weighted by Crippen LogP contribution is 2.72. The van der Waals surface area contributed by atoms with Gasteiger partial charge in [0.2, 0.25) is 0 Å². The Morgan fingerprint density at radius 2 is 1.70 bits per heavy atom. The van der Waals surface area contributed by atoms with Gasteiger partial charge in [-0.25, -0.2) is 0 Å². The second kappa shape index (κ2) is 7.95. The molecule has 2 saturated carbocycles. The van der Waals surface area contributed by atoms with E-state index in [4.69, 9.17) is 0 Å².